The minimum atomic E-state index is -1.30. The van der Waals surface area contributed by atoms with Crippen LogP contribution in [0, 0.1) is 23.0 Å². The molecule has 270 valence electrons. The number of nitriles is 1. The molecule has 2 fully saturated rings. The van der Waals surface area contributed by atoms with Crippen molar-refractivity contribution in [3.8, 4) is 17.6 Å². The van der Waals surface area contributed by atoms with Crippen molar-refractivity contribution >= 4 is 52.4 Å². The molecule has 0 saturated carbocycles. The number of piperazine rings is 1. The fourth-order valence-corrected chi connectivity index (χ4v) is 7.39. The number of amidine groups is 1. The van der Waals surface area contributed by atoms with Gasteiger partial charge in [0.25, 0.3) is 0 Å². The molecule has 7 rings (SSSR count). The summed E-state index contributed by atoms with van der Waals surface area (Å²) in [6, 6.07) is 12.1. The molecule has 53 heavy (non-hydrogen) atoms. The number of hydrogen-bond donors (Lipinski definition) is 2. The van der Waals surface area contributed by atoms with Crippen LogP contribution in [0.4, 0.5) is 19.3 Å². The lowest BCUT2D eigenvalue weighted by Crippen LogP contribution is -2.53. The Balaban J connectivity index is 1.14. The number of hydrogen-bond acceptors (Lipinski definition) is 11. The molecule has 3 aromatic carbocycles. The molecule has 0 radical (unpaired) electrons. The highest BCUT2D eigenvalue weighted by atomic mass is 35.5. The van der Waals surface area contributed by atoms with Crippen LogP contribution in [0.1, 0.15) is 32.5 Å². The maximum absolute atomic E-state index is 14.7. The molecule has 13 nitrogen and oxygen atoms in total. The Morgan fingerprint density at radius 1 is 1.13 bits per heavy atom. The van der Waals surface area contributed by atoms with Crippen molar-refractivity contribution in [3.63, 3.8) is 0 Å². The standard InChI is InChI=1S/C36H28ClF2N7O6S/c1-51-35(49)30-28(42-32(33-41-6-9-53-33)43-31(30)25-4-3-21(38)13-26(25)37)18-44-7-8-45-23(16-44)17-46(36(45)50)22-10-19(15-40)11-24(14-22)52-29-5-2-20(34(47)48)12-27(29)39/h2-6,9-14,23,31H,7-8,16-18H2,1H3,(H,42,43)(H,47,48)/t23-,31-/m0/s1. The molecule has 4 aromatic rings. The summed E-state index contributed by atoms with van der Waals surface area (Å²) >= 11 is 7.83. The Hall–Kier alpha value is -5.89. The molecule has 4 heterocycles. The highest BCUT2D eigenvalue weighted by molar-refractivity contribution is 7.11. The Bertz CT molecular complexity index is 2240. The zero-order valence-corrected chi connectivity index (χ0v) is 29.3. The van der Waals surface area contributed by atoms with Crippen LogP contribution in [0.15, 0.2) is 82.4 Å². The number of carbonyl (C=O) groups excluding carboxylic acids is 2. The SMILES string of the molecule is COC(=O)C1=C(CN2CCN3C(=O)N(c4cc(C#N)cc(Oc5ccc(C(=O)O)cc5F)c4)C[C@@H]3C2)NC(c2nccs2)=N[C@H]1c1ccc(F)cc1Cl. The number of esters is 1. The van der Waals surface area contributed by atoms with Crippen LogP contribution in [0.25, 0.3) is 0 Å². The number of halogens is 3. The van der Waals surface area contributed by atoms with Crippen molar-refractivity contribution in [2.45, 2.75) is 12.1 Å². The summed E-state index contributed by atoms with van der Waals surface area (Å²) in [5.74, 6) is -3.15. The van der Waals surface area contributed by atoms with Gasteiger partial charge in [-0.2, -0.15) is 5.26 Å². The number of carboxylic acids is 1. The predicted molar refractivity (Wildman–Crippen MR) is 189 cm³/mol. The Morgan fingerprint density at radius 3 is 2.66 bits per heavy atom. The van der Waals surface area contributed by atoms with Crippen LogP contribution in [-0.4, -0.2) is 89.6 Å². The number of methoxy groups -OCH3 is 1. The summed E-state index contributed by atoms with van der Waals surface area (Å²) in [5.41, 5.74) is 1.37. The number of rotatable bonds is 9. The number of aliphatic imine (C=N–C) groups is 1. The smallest absolute Gasteiger partial charge is 0.338 e. The maximum Gasteiger partial charge on any atom is 0.338 e. The Morgan fingerprint density at radius 2 is 1.96 bits per heavy atom. The van der Waals surface area contributed by atoms with Gasteiger partial charge in [-0.3, -0.25) is 14.8 Å². The quantitative estimate of drug-likeness (QED) is 0.206. The van der Waals surface area contributed by atoms with E-state index >= 15 is 0 Å². The average Bonchev–Trinajstić information content (AvgIpc) is 3.80. The van der Waals surface area contributed by atoms with Crippen molar-refractivity contribution in [1.29, 1.82) is 5.26 Å². The first-order valence-electron chi connectivity index (χ1n) is 16.1. The summed E-state index contributed by atoms with van der Waals surface area (Å²) in [5, 5.41) is 24.6. The second-order valence-corrected chi connectivity index (χ2v) is 13.5. The van der Waals surface area contributed by atoms with Crippen LogP contribution >= 0.6 is 22.9 Å². The molecule has 2 saturated heterocycles. The molecular formula is C36H28ClF2N7O6S. The molecule has 0 spiro atoms. The molecule has 0 unspecified atom stereocenters. The molecular weight excluding hydrogens is 732 g/mol. The largest absolute Gasteiger partial charge is 0.478 e. The molecule has 17 heteroatoms. The number of nitrogens with one attached hydrogen (secondary N) is 1. The number of carbonyl (C=O) groups is 3. The molecule has 2 amide bonds. The number of urea groups is 1. The van der Waals surface area contributed by atoms with Crippen LogP contribution in [0.5, 0.6) is 11.5 Å². The second-order valence-electron chi connectivity index (χ2n) is 12.2. The van der Waals surface area contributed by atoms with Gasteiger partial charge in [0.05, 0.1) is 41.6 Å². The van der Waals surface area contributed by atoms with Crippen LogP contribution < -0.4 is 15.0 Å². The van der Waals surface area contributed by atoms with Gasteiger partial charge in [0.1, 0.15) is 17.6 Å². The summed E-state index contributed by atoms with van der Waals surface area (Å²) < 4.78 is 39.6. The van der Waals surface area contributed by atoms with Crippen molar-refractivity contribution in [2.24, 2.45) is 4.99 Å². The average molecular weight is 760 g/mol. The van der Waals surface area contributed by atoms with E-state index in [1.165, 1.54) is 65.8 Å². The summed E-state index contributed by atoms with van der Waals surface area (Å²) in [6.45, 7) is 1.69. The predicted octanol–water partition coefficient (Wildman–Crippen LogP) is 5.58. The van der Waals surface area contributed by atoms with E-state index in [2.05, 4.69) is 15.2 Å². The minimum Gasteiger partial charge on any atom is -0.478 e. The highest BCUT2D eigenvalue weighted by Crippen LogP contribution is 2.38. The molecule has 2 atom stereocenters. The van der Waals surface area contributed by atoms with Gasteiger partial charge in [0.2, 0.25) is 0 Å². The van der Waals surface area contributed by atoms with Crippen molar-refractivity contribution in [2.75, 3.05) is 44.7 Å². The van der Waals surface area contributed by atoms with Crippen molar-refractivity contribution < 1.29 is 37.7 Å². The summed E-state index contributed by atoms with van der Waals surface area (Å²) in [6.07, 6.45) is 1.63. The van der Waals surface area contributed by atoms with E-state index in [4.69, 9.17) is 31.2 Å². The third-order valence-electron chi connectivity index (χ3n) is 8.98. The van der Waals surface area contributed by atoms with Crippen molar-refractivity contribution in [3.05, 3.63) is 116 Å². The first-order chi connectivity index (χ1) is 25.5. The third-order valence-corrected chi connectivity index (χ3v) is 10.1. The van der Waals surface area contributed by atoms with Gasteiger partial charge < -0.3 is 24.8 Å². The van der Waals surface area contributed by atoms with Gasteiger partial charge in [-0.25, -0.2) is 28.1 Å². The molecule has 0 bridgehead atoms. The van der Waals surface area contributed by atoms with Gasteiger partial charge in [0, 0.05) is 66.7 Å². The Labute approximate surface area is 309 Å². The van der Waals surface area contributed by atoms with E-state index in [9.17, 15) is 28.4 Å². The number of aromatic nitrogens is 1. The lowest BCUT2D eigenvalue weighted by molar-refractivity contribution is -0.136. The molecule has 1 aromatic heterocycles. The van der Waals surface area contributed by atoms with Gasteiger partial charge >= 0.3 is 18.0 Å². The number of ether oxygens (including phenoxy) is 2. The van der Waals surface area contributed by atoms with Crippen LogP contribution in [0.2, 0.25) is 5.02 Å². The van der Waals surface area contributed by atoms with Crippen LogP contribution in [-0.2, 0) is 9.53 Å². The zero-order valence-electron chi connectivity index (χ0n) is 27.8. The molecule has 2 N–H and O–H groups in total. The minimum absolute atomic E-state index is 0.0829. The van der Waals surface area contributed by atoms with Gasteiger partial charge in [-0.1, -0.05) is 17.7 Å². The number of carboxylic acid groups (broad SMARTS) is 1. The van der Waals surface area contributed by atoms with E-state index in [0.717, 1.165) is 12.1 Å². The first-order valence-corrected chi connectivity index (χ1v) is 17.4. The Kier molecular flexibility index (Phi) is 9.80. The lowest BCUT2D eigenvalue weighted by Gasteiger charge is -2.38. The number of amides is 2. The third kappa shape index (κ3) is 7.14. The normalized spacial score (nSPS) is 18.6. The van der Waals surface area contributed by atoms with Gasteiger partial charge in [0.15, 0.2) is 22.4 Å². The summed E-state index contributed by atoms with van der Waals surface area (Å²) in [4.78, 5) is 52.8. The fraction of sp³-hybridized carbons (Fsp3) is 0.222. The van der Waals surface area contributed by atoms with Crippen molar-refractivity contribution in [1.82, 2.24) is 20.1 Å². The topological polar surface area (TPSA) is 161 Å². The molecule has 3 aliphatic rings. The molecule has 3 aliphatic heterocycles. The number of aromatic carboxylic acids is 1. The van der Waals surface area contributed by atoms with E-state index < -0.39 is 29.6 Å². The van der Waals surface area contributed by atoms with Gasteiger partial charge in [-0.15, -0.1) is 11.3 Å². The monoisotopic (exact) mass is 759 g/mol. The number of thiazole rings is 1. The van der Waals surface area contributed by atoms with E-state index in [1.807, 2.05) is 6.07 Å². The summed E-state index contributed by atoms with van der Waals surface area (Å²) in [7, 11) is 1.26. The highest BCUT2D eigenvalue weighted by Gasteiger charge is 2.42. The fourth-order valence-electron chi connectivity index (χ4n) is 6.53. The lowest BCUT2D eigenvalue weighted by atomic mass is 9.95. The van der Waals surface area contributed by atoms with E-state index in [1.54, 1.807) is 16.5 Å². The number of benzene rings is 3. The maximum atomic E-state index is 14.7. The van der Waals surface area contributed by atoms with E-state index in [-0.39, 0.29) is 58.4 Å². The number of anilines is 1. The number of fused-ring (bicyclic) bond motifs is 1. The number of nitrogens with zero attached hydrogens (tertiary/aromatic N) is 6. The first kappa shape index (κ1) is 35.5. The van der Waals surface area contributed by atoms with E-state index in [0.29, 0.717) is 47.4 Å². The zero-order chi connectivity index (χ0) is 37.4. The second kappa shape index (κ2) is 14.6. The van der Waals surface area contributed by atoms with Crippen LogP contribution in [0.3, 0.4) is 0 Å². The molecule has 0 aliphatic carbocycles. The van der Waals surface area contributed by atoms with Gasteiger partial charge in [-0.05, 0) is 42.5 Å².